The molecule has 112 valence electrons. The zero-order valence-corrected chi connectivity index (χ0v) is 12.2. The van der Waals surface area contributed by atoms with Gasteiger partial charge in [-0.2, -0.15) is 0 Å². The van der Waals surface area contributed by atoms with E-state index in [1.807, 2.05) is 0 Å². The molecule has 1 aromatic carbocycles. The molecule has 0 bridgehead atoms. The van der Waals surface area contributed by atoms with E-state index in [1.54, 1.807) is 6.07 Å². The molecule has 20 heavy (non-hydrogen) atoms. The van der Waals surface area contributed by atoms with Crippen molar-refractivity contribution >= 4 is 0 Å². The van der Waals surface area contributed by atoms with Crippen LogP contribution in [0.15, 0.2) is 18.2 Å². The van der Waals surface area contributed by atoms with Gasteiger partial charge in [-0.3, -0.25) is 4.90 Å². The highest BCUT2D eigenvalue weighted by Crippen LogP contribution is 2.17. The Bertz CT molecular complexity index is 399. The molecule has 1 aliphatic rings. The van der Waals surface area contributed by atoms with Gasteiger partial charge in [-0.25, -0.2) is 4.39 Å². The molecule has 0 aromatic heterocycles. The highest BCUT2D eigenvalue weighted by Gasteiger charge is 2.18. The van der Waals surface area contributed by atoms with Crippen molar-refractivity contribution in [2.75, 3.05) is 19.6 Å². The van der Waals surface area contributed by atoms with E-state index in [-0.39, 0.29) is 11.6 Å². The second-order valence-electron chi connectivity index (χ2n) is 5.70. The Labute approximate surface area is 120 Å². The van der Waals surface area contributed by atoms with Gasteiger partial charge < -0.3 is 10.4 Å². The average molecular weight is 280 g/mol. The summed E-state index contributed by atoms with van der Waals surface area (Å²) in [5.74, 6) is -0.358. The fourth-order valence-electron chi connectivity index (χ4n) is 2.82. The predicted molar refractivity (Wildman–Crippen MR) is 79.3 cm³/mol. The van der Waals surface area contributed by atoms with Gasteiger partial charge in [-0.15, -0.1) is 0 Å². The van der Waals surface area contributed by atoms with Gasteiger partial charge in [-0.1, -0.05) is 13.3 Å². The van der Waals surface area contributed by atoms with Gasteiger partial charge in [0.05, 0.1) is 0 Å². The lowest BCUT2D eigenvalue weighted by molar-refractivity contribution is 0.237. The summed E-state index contributed by atoms with van der Waals surface area (Å²) < 4.78 is 13.3. The number of rotatable bonds is 7. The van der Waals surface area contributed by atoms with E-state index >= 15 is 0 Å². The molecule has 0 radical (unpaired) electrons. The topological polar surface area (TPSA) is 35.5 Å². The molecule has 0 aliphatic carbocycles. The minimum Gasteiger partial charge on any atom is -0.508 e. The Morgan fingerprint density at radius 1 is 1.40 bits per heavy atom. The fraction of sp³-hybridized carbons (Fsp3) is 0.625. The van der Waals surface area contributed by atoms with Gasteiger partial charge in [0.2, 0.25) is 0 Å². The van der Waals surface area contributed by atoms with Crippen LogP contribution in [0, 0.1) is 5.82 Å². The number of hydrogen-bond donors (Lipinski definition) is 2. The zero-order valence-electron chi connectivity index (χ0n) is 12.2. The lowest BCUT2D eigenvalue weighted by Gasteiger charge is -2.25. The van der Waals surface area contributed by atoms with Crippen molar-refractivity contribution in [1.82, 2.24) is 10.2 Å². The number of nitrogens with zero attached hydrogens (tertiary/aromatic N) is 1. The fourth-order valence-corrected chi connectivity index (χ4v) is 2.82. The van der Waals surface area contributed by atoms with Gasteiger partial charge in [-0.05, 0) is 50.0 Å². The minimum atomic E-state index is -0.366. The maximum Gasteiger partial charge on any atom is 0.127 e. The summed E-state index contributed by atoms with van der Waals surface area (Å²) in [5.41, 5.74) is 0.844. The van der Waals surface area contributed by atoms with Crippen LogP contribution >= 0.6 is 0 Å². The van der Waals surface area contributed by atoms with Crippen LogP contribution in [-0.2, 0) is 6.54 Å². The van der Waals surface area contributed by atoms with E-state index in [9.17, 15) is 9.50 Å². The number of aromatic hydroxyl groups is 1. The number of unbranched alkanes of at least 4 members (excludes halogenated alkanes) is 1. The first kappa shape index (κ1) is 15.3. The lowest BCUT2D eigenvalue weighted by Crippen LogP contribution is -2.37. The SMILES string of the molecule is CCCCN(Cc1cc(O)cc(F)c1)CC1CCCN1. The van der Waals surface area contributed by atoms with E-state index in [0.29, 0.717) is 12.6 Å². The number of halogens is 1. The summed E-state index contributed by atoms with van der Waals surface area (Å²) in [6.45, 7) is 6.00. The summed E-state index contributed by atoms with van der Waals surface area (Å²) in [5, 5.41) is 13.0. The third-order valence-corrected chi connectivity index (χ3v) is 3.82. The van der Waals surface area contributed by atoms with Crippen molar-refractivity contribution in [3.8, 4) is 5.75 Å². The molecule has 3 nitrogen and oxygen atoms in total. The Morgan fingerprint density at radius 2 is 2.25 bits per heavy atom. The second kappa shape index (κ2) is 7.60. The highest BCUT2D eigenvalue weighted by molar-refractivity contribution is 5.28. The first-order valence-corrected chi connectivity index (χ1v) is 7.61. The third kappa shape index (κ3) is 4.76. The summed E-state index contributed by atoms with van der Waals surface area (Å²) >= 11 is 0. The van der Waals surface area contributed by atoms with Gasteiger partial charge in [0.1, 0.15) is 11.6 Å². The molecule has 1 aliphatic heterocycles. The van der Waals surface area contributed by atoms with Crippen molar-refractivity contribution < 1.29 is 9.50 Å². The summed E-state index contributed by atoms with van der Waals surface area (Å²) in [7, 11) is 0. The number of nitrogens with one attached hydrogen (secondary N) is 1. The Kier molecular flexibility index (Phi) is 5.80. The molecule has 1 heterocycles. The maximum absolute atomic E-state index is 13.3. The predicted octanol–water partition coefficient (Wildman–Crippen LogP) is 2.89. The van der Waals surface area contributed by atoms with Crippen LogP contribution in [-0.4, -0.2) is 35.7 Å². The molecule has 1 saturated heterocycles. The maximum atomic E-state index is 13.3. The summed E-state index contributed by atoms with van der Waals surface area (Å²) in [4.78, 5) is 2.36. The number of phenols is 1. The molecule has 0 spiro atoms. The molecule has 0 amide bonds. The molecular formula is C16H25FN2O. The third-order valence-electron chi connectivity index (χ3n) is 3.82. The van der Waals surface area contributed by atoms with E-state index < -0.39 is 0 Å². The Balaban J connectivity index is 1.97. The van der Waals surface area contributed by atoms with Crippen LogP contribution in [0.3, 0.4) is 0 Å². The quantitative estimate of drug-likeness (QED) is 0.806. The lowest BCUT2D eigenvalue weighted by atomic mass is 10.1. The van der Waals surface area contributed by atoms with E-state index in [4.69, 9.17) is 0 Å². The van der Waals surface area contributed by atoms with E-state index in [0.717, 1.165) is 44.1 Å². The minimum absolute atomic E-state index is 0.00873. The van der Waals surface area contributed by atoms with Crippen molar-refractivity contribution in [1.29, 1.82) is 0 Å². The average Bonchev–Trinajstić information content (AvgIpc) is 2.87. The van der Waals surface area contributed by atoms with E-state index in [1.165, 1.54) is 18.9 Å². The molecule has 1 atom stereocenters. The van der Waals surface area contributed by atoms with Crippen LogP contribution in [0.1, 0.15) is 38.2 Å². The molecule has 1 fully saturated rings. The van der Waals surface area contributed by atoms with Gasteiger partial charge in [0.25, 0.3) is 0 Å². The van der Waals surface area contributed by atoms with Crippen molar-refractivity contribution in [2.24, 2.45) is 0 Å². The van der Waals surface area contributed by atoms with Crippen LogP contribution in [0.2, 0.25) is 0 Å². The van der Waals surface area contributed by atoms with Crippen LogP contribution in [0.5, 0.6) is 5.75 Å². The largest absolute Gasteiger partial charge is 0.508 e. The molecule has 2 N–H and O–H groups in total. The highest BCUT2D eigenvalue weighted by atomic mass is 19.1. The summed E-state index contributed by atoms with van der Waals surface area (Å²) in [6.07, 6.45) is 4.76. The van der Waals surface area contributed by atoms with Crippen molar-refractivity contribution in [2.45, 2.75) is 45.2 Å². The molecule has 1 aromatic rings. The standard InChI is InChI=1S/C16H25FN2O/c1-2-3-7-19(12-15-5-4-6-18-15)11-13-8-14(17)10-16(20)9-13/h8-10,15,18,20H,2-7,11-12H2,1H3. The normalized spacial score (nSPS) is 18.9. The van der Waals surface area contributed by atoms with Gasteiger partial charge >= 0.3 is 0 Å². The molecule has 1 unspecified atom stereocenters. The van der Waals surface area contributed by atoms with Crippen LogP contribution in [0.4, 0.5) is 4.39 Å². The number of hydrogen-bond acceptors (Lipinski definition) is 3. The van der Waals surface area contributed by atoms with Crippen LogP contribution in [0.25, 0.3) is 0 Å². The van der Waals surface area contributed by atoms with Crippen molar-refractivity contribution in [3.05, 3.63) is 29.6 Å². The molecule has 2 rings (SSSR count). The Hall–Kier alpha value is -1.13. The second-order valence-corrected chi connectivity index (χ2v) is 5.70. The monoisotopic (exact) mass is 280 g/mol. The van der Waals surface area contributed by atoms with Gasteiger partial charge in [0, 0.05) is 25.2 Å². The smallest absolute Gasteiger partial charge is 0.127 e. The number of phenolic OH excluding ortho intramolecular Hbond substituents is 1. The van der Waals surface area contributed by atoms with Crippen LogP contribution < -0.4 is 5.32 Å². The molecule has 4 heteroatoms. The Morgan fingerprint density at radius 3 is 2.90 bits per heavy atom. The van der Waals surface area contributed by atoms with E-state index in [2.05, 4.69) is 17.1 Å². The van der Waals surface area contributed by atoms with Crippen molar-refractivity contribution in [3.63, 3.8) is 0 Å². The molecule has 0 saturated carbocycles. The zero-order chi connectivity index (χ0) is 14.4. The summed E-state index contributed by atoms with van der Waals surface area (Å²) in [6, 6.07) is 4.87. The first-order valence-electron chi connectivity index (χ1n) is 7.61. The molecular weight excluding hydrogens is 255 g/mol. The first-order chi connectivity index (χ1) is 9.67. The number of benzene rings is 1. The van der Waals surface area contributed by atoms with Gasteiger partial charge in [0.15, 0.2) is 0 Å².